The third-order valence-electron chi connectivity index (χ3n) is 4.82. The standard InChI is InChI=1S/C20H23ClN2O4/c1-26-17-10-14(11-18(27-2)19(17)24)13-22-6-8-23(9-7-22)20(25)15-4-3-5-16(21)12-15/h3-5,10-12,24H,6-9,13H2,1-2H3/p+1. The first-order valence-corrected chi connectivity index (χ1v) is 9.22. The zero-order chi connectivity index (χ0) is 19.4. The number of hydrogen-bond acceptors (Lipinski definition) is 4. The lowest BCUT2D eigenvalue weighted by molar-refractivity contribution is -0.917. The third-order valence-corrected chi connectivity index (χ3v) is 5.06. The highest BCUT2D eigenvalue weighted by Gasteiger charge is 2.25. The summed E-state index contributed by atoms with van der Waals surface area (Å²) < 4.78 is 10.4. The SMILES string of the molecule is COc1cc(C[NH+]2CCN(C(=O)c3cccc(Cl)c3)CC2)cc(OC)c1O. The zero-order valence-electron chi connectivity index (χ0n) is 15.5. The smallest absolute Gasteiger partial charge is 0.254 e. The number of phenolic OH excluding ortho intramolecular Hbond substituents is 1. The largest absolute Gasteiger partial charge is 0.502 e. The number of benzene rings is 2. The molecule has 1 saturated heterocycles. The predicted molar refractivity (Wildman–Crippen MR) is 103 cm³/mol. The van der Waals surface area contributed by atoms with Gasteiger partial charge in [0, 0.05) is 16.1 Å². The maximum absolute atomic E-state index is 12.6. The Morgan fingerprint density at radius 2 is 1.78 bits per heavy atom. The summed E-state index contributed by atoms with van der Waals surface area (Å²) in [6.07, 6.45) is 0. The fourth-order valence-corrected chi connectivity index (χ4v) is 3.54. The number of piperazine rings is 1. The molecular weight excluding hydrogens is 368 g/mol. The Morgan fingerprint density at radius 1 is 1.15 bits per heavy atom. The van der Waals surface area contributed by atoms with Crippen LogP contribution in [-0.2, 0) is 6.54 Å². The van der Waals surface area contributed by atoms with Crippen molar-refractivity contribution < 1.29 is 24.3 Å². The van der Waals surface area contributed by atoms with Gasteiger partial charge in [0.1, 0.15) is 6.54 Å². The van der Waals surface area contributed by atoms with Crippen LogP contribution in [0.15, 0.2) is 36.4 Å². The molecule has 2 aromatic rings. The molecule has 0 atom stereocenters. The lowest BCUT2D eigenvalue weighted by Crippen LogP contribution is -3.13. The minimum atomic E-state index is 0.00990. The van der Waals surface area contributed by atoms with Gasteiger partial charge in [-0.15, -0.1) is 0 Å². The molecule has 1 amide bonds. The number of quaternary nitrogens is 1. The molecule has 7 heteroatoms. The van der Waals surface area contributed by atoms with Crippen LogP contribution in [0, 0.1) is 0 Å². The van der Waals surface area contributed by atoms with Crippen molar-refractivity contribution in [3.8, 4) is 17.2 Å². The Balaban J connectivity index is 1.62. The summed E-state index contributed by atoms with van der Waals surface area (Å²) in [6.45, 7) is 3.84. The summed E-state index contributed by atoms with van der Waals surface area (Å²) in [7, 11) is 3.04. The van der Waals surface area contributed by atoms with Crippen LogP contribution in [0.4, 0.5) is 0 Å². The Kier molecular flexibility index (Phi) is 6.08. The van der Waals surface area contributed by atoms with Gasteiger partial charge in [-0.2, -0.15) is 0 Å². The van der Waals surface area contributed by atoms with E-state index in [-0.39, 0.29) is 11.7 Å². The summed E-state index contributed by atoms with van der Waals surface area (Å²) in [6, 6.07) is 10.7. The number of aromatic hydroxyl groups is 1. The molecule has 1 heterocycles. The molecule has 0 spiro atoms. The molecule has 1 aliphatic rings. The van der Waals surface area contributed by atoms with E-state index < -0.39 is 0 Å². The topological polar surface area (TPSA) is 63.4 Å². The average Bonchev–Trinajstić information content (AvgIpc) is 2.69. The van der Waals surface area contributed by atoms with Crippen LogP contribution in [-0.4, -0.2) is 56.3 Å². The van der Waals surface area contributed by atoms with Crippen LogP contribution in [0.5, 0.6) is 17.2 Å². The van der Waals surface area contributed by atoms with E-state index >= 15 is 0 Å². The van der Waals surface area contributed by atoms with Crippen LogP contribution < -0.4 is 14.4 Å². The highest BCUT2D eigenvalue weighted by Crippen LogP contribution is 2.36. The Morgan fingerprint density at radius 3 is 2.33 bits per heavy atom. The monoisotopic (exact) mass is 391 g/mol. The second-order valence-corrected chi connectivity index (χ2v) is 7.01. The summed E-state index contributed by atoms with van der Waals surface area (Å²) in [4.78, 5) is 15.8. The molecule has 3 rings (SSSR count). The number of halogens is 1. The second kappa shape index (κ2) is 8.50. The predicted octanol–water partition coefficient (Wildman–Crippen LogP) is 1.60. The highest BCUT2D eigenvalue weighted by atomic mass is 35.5. The van der Waals surface area contributed by atoms with Crippen LogP contribution in [0.1, 0.15) is 15.9 Å². The molecule has 27 heavy (non-hydrogen) atoms. The first-order valence-electron chi connectivity index (χ1n) is 8.84. The minimum Gasteiger partial charge on any atom is -0.502 e. The number of amides is 1. The molecule has 0 aromatic heterocycles. The normalized spacial score (nSPS) is 14.9. The van der Waals surface area contributed by atoms with Gasteiger partial charge in [-0.1, -0.05) is 17.7 Å². The van der Waals surface area contributed by atoms with Gasteiger partial charge in [-0.25, -0.2) is 0 Å². The summed E-state index contributed by atoms with van der Waals surface area (Å²) in [5.74, 6) is 0.831. The van der Waals surface area contributed by atoms with Gasteiger partial charge in [0.2, 0.25) is 5.75 Å². The van der Waals surface area contributed by atoms with Crippen molar-refractivity contribution in [2.24, 2.45) is 0 Å². The quantitative estimate of drug-likeness (QED) is 0.812. The molecule has 1 aliphatic heterocycles. The van der Waals surface area contributed by atoms with Gasteiger partial charge in [-0.3, -0.25) is 4.79 Å². The molecule has 144 valence electrons. The van der Waals surface area contributed by atoms with Crippen LogP contribution in [0.25, 0.3) is 0 Å². The number of hydrogen-bond donors (Lipinski definition) is 2. The first-order chi connectivity index (χ1) is 13.0. The van der Waals surface area contributed by atoms with E-state index in [0.29, 0.717) is 35.2 Å². The number of carbonyl (C=O) groups excluding carboxylic acids is 1. The van der Waals surface area contributed by atoms with Crippen LogP contribution in [0.2, 0.25) is 5.02 Å². The number of methoxy groups -OCH3 is 2. The van der Waals surface area contributed by atoms with E-state index in [4.69, 9.17) is 21.1 Å². The van der Waals surface area contributed by atoms with E-state index in [1.165, 1.54) is 19.1 Å². The maximum Gasteiger partial charge on any atom is 0.254 e. The van der Waals surface area contributed by atoms with Crippen molar-refractivity contribution in [3.63, 3.8) is 0 Å². The molecule has 0 radical (unpaired) electrons. The molecule has 0 saturated carbocycles. The molecule has 0 unspecified atom stereocenters. The molecule has 2 N–H and O–H groups in total. The van der Waals surface area contributed by atoms with Gasteiger partial charge in [0.25, 0.3) is 5.91 Å². The summed E-state index contributed by atoms with van der Waals surface area (Å²) in [5.41, 5.74) is 1.64. The van der Waals surface area contributed by atoms with E-state index in [0.717, 1.165) is 25.2 Å². The average molecular weight is 392 g/mol. The Hall–Kier alpha value is -2.44. The van der Waals surface area contributed by atoms with Crippen molar-refractivity contribution >= 4 is 17.5 Å². The second-order valence-electron chi connectivity index (χ2n) is 6.58. The minimum absolute atomic E-state index is 0.00990. The molecule has 0 aliphatic carbocycles. The number of rotatable bonds is 5. The lowest BCUT2D eigenvalue weighted by atomic mass is 10.1. The van der Waals surface area contributed by atoms with E-state index in [1.54, 1.807) is 24.3 Å². The highest BCUT2D eigenvalue weighted by molar-refractivity contribution is 6.30. The van der Waals surface area contributed by atoms with Crippen molar-refractivity contribution in [1.29, 1.82) is 0 Å². The van der Waals surface area contributed by atoms with Crippen molar-refractivity contribution in [2.45, 2.75) is 6.54 Å². The van der Waals surface area contributed by atoms with Crippen LogP contribution >= 0.6 is 11.6 Å². The van der Waals surface area contributed by atoms with Gasteiger partial charge in [-0.05, 0) is 30.3 Å². The Labute approximate surface area is 163 Å². The molecule has 6 nitrogen and oxygen atoms in total. The van der Waals surface area contributed by atoms with E-state index in [1.807, 2.05) is 17.0 Å². The number of carbonyl (C=O) groups is 1. The first kappa shape index (κ1) is 19.3. The molecular formula is C20H24ClN2O4+. The van der Waals surface area contributed by atoms with E-state index in [2.05, 4.69) is 0 Å². The zero-order valence-corrected chi connectivity index (χ0v) is 16.3. The molecule has 2 aromatic carbocycles. The van der Waals surface area contributed by atoms with Gasteiger partial charge >= 0.3 is 0 Å². The maximum atomic E-state index is 12.6. The molecule has 0 bridgehead atoms. The lowest BCUT2D eigenvalue weighted by Gasteiger charge is -2.32. The Bertz CT molecular complexity index is 794. The third kappa shape index (κ3) is 4.46. The summed E-state index contributed by atoms with van der Waals surface area (Å²) in [5, 5.41) is 10.6. The van der Waals surface area contributed by atoms with Crippen LogP contribution in [0.3, 0.4) is 0 Å². The summed E-state index contributed by atoms with van der Waals surface area (Å²) >= 11 is 5.99. The fourth-order valence-electron chi connectivity index (χ4n) is 3.35. The van der Waals surface area contributed by atoms with Gasteiger partial charge in [0.15, 0.2) is 11.5 Å². The fraction of sp³-hybridized carbons (Fsp3) is 0.350. The number of ether oxygens (including phenoxy) is 2. The number of nitrogens with one attached hydrogen (secondary N) is 1. The molecule has 1 fully saturated rings. The van der Waals surface area contributed by atoms with E-state index in [9.17, 15) is 9.90 Å². The van der Waals surface area contributed by atoms with Crippen molar-refractivity contribution in [2.75, 3.05) is 40.4 Å². The van der Waals surface area contributed by atoms with Crippen molar-refractivity contribution in [1.82, 2.24) is 4.90 Å². The number of phenols is 1. The van der Waals surface area contributed by atoms with Crippen molar-refractivity contribution in [3.05, 3.63) is 52.5 Å². The van der Waals surface area contributed by atoms with Gasteiger partial charge < -0.3 is 24.4 Å². The number of nitrogens with zero attached hydrogens (tertiary/aromatic N) is 1. The van der Waals surface area contributed by atoms with Gasteiger partial charge in [0.05, 0.1) is 40.4 Å².